The smallest absolute Gasteiger partial charge is 0.307 e. The van der Waals surface area contributed by atoms with Crippen LogP contribution in [0, 0.1) is 0 Å². The second-order valence-electron chi connectivity index (χ2n) is 5.52. The maximum Gasteiger partial charge on any atom is 0.434 e. The fourth-order valence-corrected chi connectivity index (χ4v) is 4.08. The van der Waals surface area contributed by atoms with Crippen molar-refractivity contribution in [3.05, 3.63) is 26.5 Å². The van der Waals surface area contributed by atoms with Crippen molar-refractivity contribution in [2.24, 2.45) is 0 Å². The van der Waals surface area contributed by atoms with Gasteiger partial charge in [0.15, 0.2) is 5.69 Å². The van der Waals surface area contributed by atoms with Gasteiger partial charge in [-0.05, 0) is 42.8 Å². The molecule has 0 atom stereocenters. The van der Waals surface area contributed by atoms with Crippen LogP contribution in [-0.4, -0.2) is 10.5 Å². The molecule has 0 aliphatic carbocycles. The standard InChI is InChI=1S/C13H14BrF3N2S2/c1-12(2,3)18-5-9-10(13(15,16)17)19-11(21-9)8-4-7(14)6-20-8/h4,6,18H,5H2,1-3H3. The van der Waals surface area contributed by atoms with Gasteiger partial charge in [-0.1, -0.05) is 0 Å². The average molecular weight is 399 g/mol. The van der Waals surface area contributed by atoms with Crippen LogP contribution in [0.2, 0.25) is 0 Å². The number of hydrogen-bond acceptors (Lipinski definition) is 4. The minimum atomic E-state index is -4.43. The Balaban J connectivity index is 2.36. The fraction of sp³-hybridized carbons (Fsp3) is 0.462. The largest absolute Gasteiger partial charge is 0.434 e. The van der Waals surface area contributed by atoms with Gasteiger partial charge in [0.2, 0.25) is 0 Å². The summed E-state index contributed by atoms with van der Waals surface area (Å²) in [5.74, 6) is 0. The van der Waals surface area contributed by atoms with Crippen LogP contribution in [-0.2, 0) is 12.7 Å². The third-order valence-electron chi connectivity index (χ3n) is 2.52. The van der Waals surface area contributed by atoms with E-state index in [1.165, 1.54) is 11.3 Å². The van der Waals surface area contributed by atoms with Crippen molar-refractivity contribution in [1.82, 2.24) is 10.3 Å². The van der Waals surface area contributed by atoms with Gasteiger partial charge in [-0.3, -0.25) is 0 Å². The summed E-state index contributed by atoms with van der Waals surface area (Å²) in [7, 11) is 0. The molecule has 0 saturated carbocycles. The third-order valence-corrected chi connectivity index (χ3v) is 5.44. The van der Waals surface area contributed by atoms with Gasteiger partial charge in [0.25, 0.3) is 0 Å². The van der Waals surface area contributed by atoms with Crippen molar-refractivity contribution in [3.63, 3.8) is 0 Å². The van der Waals surface area contributed by atoms with E-state index in [4.69, 9.17) is 0 Å². The molecule has 0 aliphatic heterocycles. The molecule has 0 aliphatic rings. The van der Waals surface area contributed by atoms with E-state index >= 15 is 0 Å². The van der Waals surface area contributed by atoms with Crippen LogP contribution in [0.4, 0.5) is 13.2 Å². The summed E-state index contributed by atoms with van der Waals surface area (Å²) in [6.45, 7) is 5.90. The Bertz CT molecular complexity index is 626. The van der Waals surface area contributed by atoms with Crippen molar-refractivity contribution in [3.8, 4) is 9.88 Å². The van der Waals surface area contributed by atoms with Gasteiger partial charge in [-0.2, -0.15) is 13.2 Å². The Morgan fingerprint density at radius 3 is 2.43 bits per heavy atom. The lowest BCUT2D eigenvalue weighted by Crippen LogP contribution is -2.35. The number of hydrogen-bond donors (Lipinski definition) is 1. The molecule has 0 radical (unpaired) electrons. The predicted molar refractivity (Wildman–Crippen MR) is 84.7 cm³/mol. The van der Waals surface area contributed by atoms with Gasteiger partial charge in [-0.25, -0.2) is 4.98 Å². The Kier molecular flexibility index (Phi) is 4.82. The summed E-state index contributed by atoms with van der Waals surface area (Å²) >= 11 is 5.77. The Morgan fingerprint density at radius 1 is 1.29 bits per heavy atom. The van der Waals surface area contributed by atoms with Crippen LogP contribution in [0.25, 0.3) is 9.88 Å². The van der Waals surface area contributed by atoms with Crippen LogP contribution >= 0.6 is 38.6 Å². The second-order valence-corrected chi connectivity index (χ2v) is 8.43. The average Bonchev–Trinajstić information content (AvgIpc) is 2.90. The lowest BCUT2D eigenvalue weighted by molar-refractivity contribution is -0.141. The normalized spacial score (nSPS) is 12.9. The summed E-state index contributed by atoms with van der Waals surface area (Å²) in [5.41, 5.74) is -1.04. The molecule has 8 heteroatoms. The molecule has 0 spiro atoms. The van der Waals surface area contributed by atoms with E-state index in [9.17, 15) is 13.2 Å². The molecule has 0 amide bonds. The lowest BCUT2D eigenvalue weighted by atomic mass is 10.1. The number of thiophene rings is 1. The number of rotatable bonds is 3. The summed E-state index contributed by atoms with van der Waals surface area (Å²) in [5, 5.41) is 5.32. The van der Waals surface area contributed by atoms with Crippen molar-refractivity contribution in [1.29, 1.82) is 0 Å². The summed E-state index contributed by atoms with van der Waals surface area (Å²) < 4.78 is 40.2. The molecule has 0 aromatic carbocycles. The Labute approximate surface area is 137 Å². The molecule has 0 fully saturated rings. The van der Waals surface area contributed by atoms with E-state index in [2.05, 4.69) is 26.2 Å². The number of halogens is 4. The monoisotopic (exact) mass is 398 g/mol. The minimum Gasteiger partial charge on any atom is -0.307 e. The molecule has 2 nitrogen and oxygen atoms in total. The van der Waals surface area contributed by atoms with Crippen LogP contribution in [0.15, 0.2) is 15.9 Å². The van der Waals surface area contributed by atoms with Crippen molar-refractivity contribution in [2.45, 2.75) is 39.0 Å². The quantitative estimate of drug-likeness (QED) is 0.733. The van der Waals surface area contributed by atoms with Gasteiger partial charge in [0, 0.05) is 21.9 Å². The van der Waals surface area contributed by atoms with Crippen LogP contribution in [0.3, 0.4) is 0 Å². The molecule has 2 aromatic rings. The highest BCUT2D eigenvalue weighted by Crippen LogP contribution is 2.40. The van der Waals surface area contributed by atoms with Gasteiger partial charge >= 0.3 is 6.18 Å². The van der Waals surface area contributed by atoms with Crippen molar-refractivity contribution >= 4 is 38.6 Å². The molecular weight excluding hydrogens is 385 g/mol. The van der Waals surface area contributed by atoms with Crippen LogP contribution in [0.1, 0.15) is 31.3 Å². The summed E-state index contributed by atoms with van der Waals surface area (Å²) in [6, 6.07) is 1.78. The first-order valence-corrected chi connectivity index (χ1v) is 8.61. The molecule has 2 rings (SSSR count). The summed E-state index contributed by atoms with van der Waals surface area (Å²) in [4.78, 5) is 4.76. The Morgan fingerprint density at radius 2 is 1.95 bits per heavy atom. The molecule has 2 aromatic heterocycles. The van der Waals surface area contributed by atoms with E-state index < -0.39 is 11.9 Å². The van der Waals surface area contributed by atoms with E-state index in [0.717, 1.165) is 20.7 Å². The van der Waals surface area contributed by atoms with E-state index in [0.29, 0.717) is 5.01 Å². The van der Waals surface area contributed by atoms with Crippen LogP contribution < -0.4 is 5.32 Å². The highest BCUT2D eigenvalue weighted by Gasteiger charge is 2.37. The van der Waals surface area contributed by atoms with Crippen molar-refractivity contribution in [2.75, 3.05) is 0 Å². The second kappa shape index (κ2) is 5.98. The predicted octanol–water partition coefficient (Wildman–Crippen LogP) is 5.54. The number of thiazole rings is 1. The Hall–Kier alpha value is -0.440. The fourth-order valence-electron chi connectivity index (χ4n) is 1.57. The molecule has 21 heavy (non-hydrogen) atoms. The SMILES string of the molecule is CC(C)(C)NCc1sc(-c2cc(Br)cs2)nc1C(F)(F)F. The maximum absolute atomic E-state index is 13.1. The zero-order valence-corrected chi connectivity index (χ0v) is 14.9. The highest BCUT2D eigenvalue weighted by molar-refractivity contribution is 9.10. The minimum absolute atomic E-state index is 0.155. The first-order chi connectivity index (χ1) is 9.56. The topological polar surface area (TPSA) is 24.9 Å². The number of aromatic nitrogens is 1. The van der Waals surface area contributed by atoms with Gasteiger partial charge in [0.1, 0.15) is 5.01 Å². The van der Waals surface area contributed by atoms with E-state index in [-0.39, 0.29) is 17.0 Å². The van der Waals surface area contributed by atoms with Gasteiger partial charge in [0.05, 0.1) is 9.75 Å². The molecule has 2 heterocycles. The number of alkyl halides is 3. The maximum atomic E-state index is 13.1. The first-order valence-electron chi connectivity index (χ1n) is 6.12. The number of nitrogens with one attached hydrogen (secondary N) is 1. The molecule has 1 N–H and O–H groups in total. The molecule has 0 saturated heterocycles. The van der Waals surface area contributed by atoms with Gasteiger partial charge < -0.3 is 5.32 Å². The zero-order chi connectivity index (χ0) is 15.8. The summed E-state index contributed by atoms with van der Waals surface area (Å²) in [6.07, 6.45) is -4.43. The van der Waals surface area contributed by atoms with Crippen molar-refractivity contribution < 1.29 is 13.2 Å². The van der Waals surface area contributed by atoms with Gasteiger partial charge in [-0.15, -0.1) is 22.7 Å². The van der Waals surface area contributed by atoms with Crippen LogP contribution in [0.5, 0.6) is 0 Å². The van der Waals surface area contributed by atoms with E-state index in [1.54, 1.807) is 6.07 Å². The number of nitrogens with zero attached hydrogens (tertiary/aromatic N) is 1. The highest BCUT2D eigenvalue weighted by atomic mass is 79.9. The molecule has 0 unspecified atom stereocenters. The molecule has 0 bridgehead atoms. The molecular formula is C13H14BrF3N2S2. The molecule has 116 valence electrons. The zero-order valence-electron chi connectivity index (χ0n) is 11.6. The van der Waals surface area contributed by atoms with E-state index in [1.807, 2.05) is 26.2 Å². The lowest BCUT2D eigenvalue weighted by Gasteiger charge is -2.20. The first kappa shape index (κ1) is 16.9. The third kappa shape index (κ3) is 4.51.